The van der Waals surface area contributed by atoms with Gasteiger partial charge < -0.3 is 15.4 Å². The molecule has 2 amide bonds. The molecule has 2 heterocycles. The summed E-state index contributed by atoms with van der Waals surface area (Å²) in [6, 6.07) is 0. The first-order valence-corrected chi connectivity index (χ1v) is 15.0. The van der Waals surface area contributed by atoms with Gasteiger partial charge in [0.05, 0.1) is 17.9 Å². The molecule has 0 spiro atoms. The minimum absolute atomic E-state index is 0.0219. The number of thiophene rings is 1. The normalized spacial score (nSPS) is 16.3. The minimum Gasteiger partial charge on any atom is -0.462 e. The van der Waals surface area contributed by atoms with E-state index in [4.69, 9.17) is 4.74 Å². The molecule has 1 saturated carbocycles. The molecule has 0 bridgehead atoms. The molecule has 4 rings (SSSR count). The van der Waals surface area contributed by atoms with Gasteiger partial charge in [-0.05, 0) is 56.9 Å². The van der Waals surface area contributed by atoms with E-state index >= 15 is 0 Å². The highest BCUT2D eigenvalue weighted by Crippen LogP contribution is 2.38. The lowest BCUT2D eigenvalue weighted by atomic mass is 9.87. The van der Waals surface area contributed by atoms with Gasteiger partial charge in [0.1, 0.15) is 5.00 Å². The number of esters is 1. The molecule has 11 heteroatoms. The van der Waals surface area contributed by atoms with Crippen LogP contribution in [0, 0.1) is 5.92 Å². The molecule has 2 aliphatic carbocycles. The van der Waals surface area contributed by atoms with Crippen molar-refractivity contribution in [3.63, 3.8) is 0 Å². The van der Waals surface area contributed by atoms with Crippen LogP contribution in [-0.4, -0.2) is 40.3 Å². The zero-order chi connectivity index (χ0) is 24.6. The number of carbonyl (C=O) groups is 3. The average molecular weight is 537 g/mol. The molecule has 2 aromatic rings. The third-order valence-electron chi connectivity index (χ3n) is 6.33. The zero-order valence-corrected chi connectivity index (χ0v) is 22.5. The maximum atomic E-state index is 12.7. The van der Waals surface area contributed by atoms with Crippen molar-refractivity contribution in [1.29, 1.82) is 0 Å². The summed E-state index contributed by atoms with van der Waals surface area (Å²) in [5, 5.41) is 14.9. The van der Waals surface area contributed by atoms with Crippen molar-refractivity contribution in [3.8, 4) is 0 Å². The first-order chi connectivity index (χ1) is 17.0. The van der Waals surface area contributed by atoms with E-state index in [1.807, 2.05) is 0 Å². The van der Waals surface area contributed by atoms with Crippen LogP contribution in [-0.2, 0) is 27.2 Å². The SMILES string of the molecule is CCOC(=O)c1c(NC(=O)CSc2nnc(NC(=O)CC3CCCCC3)s2)sc2c1CCCCC2. The van der Waals surface area contributed by atoms with E-state index in [1.165, 1.54) is 58.6 Å². The van der Waals surface area contributed by atoms with Gasteiger partial charge in [-0.15, -0.1) is 21.5 Å². The second kappa shape index (κ2) is 12.8. The highest BCUT2D eigenvalue weighted by Gasteiger charge is 2.26. The highest BCUT2D eigenvalue weighted by molar-refractivity contribution is 8.01. The number of ether oxygens (including phenoxy) is 1. The number of rotatable bonds is 9. The first-order valence-electron chi connectivity index (χ1n) is 12.4. The van der Waals surface area contributed by atoms with Crippen LogP contribution < -0.4 is 10.6 Å². The molecule has 0 saturated heterocycles. The fourth-order valence-electron chi connectivity index (χ4n) is 4.68. The standard InChI is InChI=1S/C24H32N4O4S3/c1-2-32-22(31)20-16-11-7-4-8-12-17(16)34-21(20)25-19(30)14-33-24-28-27-23(35-24)26-18(29)13-15-9-5-3-6-10-15/h15H,2-14H2,1H3,(H,25,30)(H,26,27,29). The Morgan fingerprint density at radius 2 is 1.74 bits per heavy atom. The summed E-state index contributed by atoms with van der Waals surface area (Å²) in [6.07, 6.45) is 11.5. The number of anilines is 2. The molecule has 190 valence electrons. The van der Waals surface area contributed by atoms with Gasteiger partial charge in [-0.2, -0.15) is 0 Å². The van der Waals surface area contributed by atoms with Crippen molar-refractivity contribution in [2.75, 3.05) is 23.0 Å². The molecule has 2 N–H and O–H groups in total. The maximum Gasteiger partial charge on any atom is 0.341 e. The molecular weight excluding hydrogens is 504 g/mol. The first kappa shape index (κ1) is 26.1. The second-order valence-electron chi connectivity index (χ2n) is 8.96. The van der Waals surface area contributed by atoms with Crippen molar-refractivity contribution in [2.24, 2.45) is 5.92 Å². The van der Waals surface area contributed by atoms with E-state index in [-0.39, 0.29) is 23.5 Å². The number of aryl methyl sites for hydroxylation is 1. The molecule has 0 aromatic carbocycles. The highest BCUT2D eigenvalue weighted by atomic mass is 32.2. The average Bonchev–Trinajstić information content (AvgIpc) is 3.34. The van der Waals surface area contributed by atoms with Gasteiger partial charge in [-0.1, -0.05) is 48.8 Å². The van der Waals surface area contributed by atoms with Crippen molar-refractivity contribution in [1.82, 2.24) is 10.2 Å². The van der Waals surface area contributed by atoms with Gasteiger partial charge in [0.25, 0.3) is 0 Å². The predicted octanol–water partition coefficient (Wildman–Crippen LogP) is 5.68. The third kappa shape index (κ3) is 7.27. The Labute approximate surface area is 218 Å². The zero-order valence-electron chi connectivity index (χ0n) is 20.0. The van der Waals surface area contributed by atoms with Gasteiger partial charge in [0.2, 0.25) is 16.9 Å². The van der Waals surface area contributed by atoms with E-state index in [9.17, 15) is 14.4 Å². The Bertz CT molecular complexity index is 1050. The van der Waals surface area contributed by atoms with Crippen molar-refractivity contribution < 1.29 is 19.1 Å². The van der Waals surface area contributed by atoms with E-state index < -0.39 is 0 Å². The lowest BCUT2D eigenvalue weighted by molar-refractivity contribution is -0.117. The minimum atomic E-state index is -0.368. The fourth-order valence-corrected chi connectivity index (χ4v) is 7.54. The smallest absolute Gasteiger partial charge is 0.341 e. The van der Waals surface area contributed by atoms with Gasteiger partial charge in [0, 0.05) is 11.3 Å². The third-order valence-corrected chi connectivity index (χ3v) is 9.51. The number of nitrogens with one attached hydrogen (secondary N) is 2. The topological polar surface area (TPSA) is 110 Å². The number of aromatic nitrogens is 2. The Morgan fingerprint density at radius 3 is 2.54 bits per heavy atom. The summed E-state index contributed by atoms with van der Waals surface area (Å²) in [7, 11) is 0. The van der Waals surface area contributed by atoms with Crippen LogP contribution in [0.3, 0.4) is 0 Å². The molecule has 0 unspecified atom stereocenters. The maximum absolute atomic E-state index is 12.7. The quantitative estimate of drug-likeness (QED) is 0.183. The number of carbonyl (C=O) groups excluding carboxylic acids is 3. The largest absolute Gasteiger partial charge is 0.462 e. The van der Waals surface area contributed by atoms with Crippen LogP contribution in [0.4, 0.5) is 10.1 Å². The van der Waals surface area contributed by atoms with Crippen LogP contribution in [0.25, 0.3) is 0 Å². The summed E-state index contributed by atoms with van der Waals surface area (Å²) in [4.78, 5) is 38.9. The number of fused-ring (bicyclic) bond motifs is 1. The predicted molar refractivity (Wildman–Crippen MR) is 141 cm³/mol. The van der Waals surface area contributed by atoms with Crippen molar-refractivity contribution in [2.45, 2.75) is 81.9 Å². The van der Waals surface area contributed by atoms with Crippen LogP contribution in [0.1, 0.15) is 85.5 Å². The molecule has 2 aliphatic rings. The van der Waals surface area contributed by atoms with Crippen LogP contribution in [0.15, 0.2) is 4.34 Å². The molecule has 35 heavy (non-hydrogen) atoms. The number of hydrogen-bond donors (Lipinski definition) is 2. The van der Waals surface area contributed by atoms with E-state index in [1.54, 1.807) is 6.92 Å². The lowest BCUT2D eigenvalue weighted by Gasteiger charge is -2.20. The summed E-state index contributed by atoms with van der Waals surface area (Å²) < 4.78 is 5.90. The number of nitrogens with zero attached hydrogens (tertiary/aromatic N) is 2. The summed E-state index contributed by atoms with van der Waals surface area (Å²) >= 11 is 4.02. The molecule has 0 aliphatic heterocycles. The molecule has 8 nitrogen and oxygen atoms in total. The van der Waals surface area contributed by atoms with Gasteiger partial charge >= 0.3 is 5.97 Å². The Morgan fingerprint density at radius 1 is 0.971 bits per heavy atom. The number of amides is 2. The Kier molecular flexibility index (Phi) is 9.56. The van der Waals surface area contributed by atoms with E-state index in [2.05, 4.69) is 20.8 Å². The monoisotopic (exact) mass is 536 g/mol. The van der Waals surface area contributed by atoms with Crippen molar-refractivity contribution >= 4 is 62.4 Å². The summed E-state index contributed by atoms with van der Waals surface area (Å²) in [5.74, 6) is -0.00917. The summed E-state index contributed by atoms with van der Waals surface area (Å²) in [6.45, 7) is 2.08. The van der Waals surface area contributed by atoms with Crippen LogP contribution >= 0.6 is 34.4 Å². The van der Waals surface area contributed by atoms with E-state index in [0.29, 0.717) is 39.0 Å². The molecule has 0 radical (unpaired) electrons. The number of thioether (sulfide) groups is 1. The van der Waals surface area contributed by atoms with Crippen LogP contribution in [0.5, 0.6) is 0 Å². The lowest BCUT2D eigenvalue weighted by Crippen LogP contribution is -2.18. The Hall–Kier alpha value is -1.98. The van der Waals surface area contributed by atoms with Gasteiger partial charge in [-0.25, -0.2) is 4.79 Å². The van der Waals surface area contributed by atoms with Crippen LogP contribution in [0.2, 0.25) is 0 Å². The summed E-state index contributed by atoms with van der Waals surface area (Å²) in [5.41, 5.74) is 1.55. The number of hydrogen-bond acceptors (Lipinski definition) is 9. The molecular formula is C24H32N4O4S3. The fraction of sp³-hybridized carbons (Fsp3) is 0.625. The molecule has 2 aromatic heterocycles. The van der Waals surface area contributed by atoms with Gasteiger partial charge in [-0.3, -0.25) is 9.59 Å². The van der Waals surface area contributed by atoms with E-state index in [0.717, 1.165) is 50.5 Å². The molecule has 0 atom stereocenters. The second-order valence-corrected chi connectivity index (χ2v) is 12.3. The molecule has 1 fully saturated rings. The van der Waals surface area contributed by atoms with Gasteiger partial charge in [0.15, 0.2) is 4.34 Å². The Balaban J connectivity index is 1.31. The van der Waals surface area contributed by atoms with Crippen molar-refractivity contribution in [3.05, 3.63) is 16.0 Å².